The second kappa shape index (κ2) is 6.32. The topological polar surface area (TPSA) is 54.0 Å². The summed E-state index contributed by atoms with van der Waals surface area (Å²) >= 11 is 5.61. The van der Waals surface area contributed by atoms with Crippen molar-refractivity contribution >= 4 is 28.9 Å². The normalized spacial score (nSPS) is 14.3. The molecule has 8 heteroatoms. The number of carbonyl (C=O) groups is 1. The first-order valence-corrected chi connectivity index (χ1v) is 7.61. The Kier molecular flexibility index (Phi) is 4.36. The molecule has 1 amide bonds. The molecule has 2 N–H and O–H groups in total. The van der Waals surface area contributed by atoms with Crippen LogP contribution in [0.4, 0.5) is 24.5 Å². The molecule has 0 atom stereocenters. The van der Waals surface area contributed by atoms with E-state index >= 15 is 0 Å². The number of hydrogen-bond donors (Lipinski definition) is 2. The van der Waals surface area contributed by atoms with Crippen LogP contribution in [0, 0.1) is 0 Å². The van der Waals surface area contributed by atoms with Crippen LogP contribution in [-0.2, 0) is 6.18 Å². The molecular formula is C16H13ClF3N3O. The molecule has 0 unspecified atom stereocenters. The van der Waals surface area contributed by atoms with E-state index in [1.165, 1.54) is 18.3 Å². The number of pyridine rings is 1. The van der Waals surface area contributed by atoms with Crippen LogP contribution >= 0.6 is 11.6 Å². The van der Waals surface area contributed by atoms with E-state index in [2.05, 4.69) is 15.6 Å². The van der Waals surface area contributed by atoms with Crippen molar-refractivity contribution in [1.82, 2.24) is 4.98 Å². The molecule has 1 aromatic heterocycles. The van der Waals surface area contributed by atoms with Gasteiger partial charge in [-0.1, -0.05) is 11.6 Å². The average Bonchev–Trinajstić information content (AvgIpc) is 3.32. The maximum absolute atomic E-state index is 13.0. The lowest BCUT2D eigenvalue weighted by atomic mass is 10.1. The van der Waals surface area contributed by atoms with E-state index in [0.717, 1.165) is 30.7 Å². The molecule has 1 aliphatic carbocycles. The number of alkyl halides is 3. The number of carbonyl (C=O) groups excluding carboxylic acids is 1. The van der Waals surface area contributed by atoms with Gasteiger partial charge in [0.15, 0.2) is 0 Å². The zero-order valence-electron chi connectivity index (χ0n) is 12.3. The van der Waals surface area contributed by atoms with Gasteiger partial charge in [0.05, 0.1) is 23.1 Å². The average molecular weight is 356 g/mol. The molecule has 0 spiro atoms. The molecule has 1 saturated carbocycles. The number of nitrogens with zero attached hydrogens (tertiary/aromatic N) is 1. The lowest BCUT2D eigenvalue weighted by molar-refractivity contribution is -0.136. The third-order valence-corrected chi connectivity index (χ3v) is 3.71. The van der Waals surface area contributed by atoms with Crippen molar-refractivity contribution in [2.24, 2.45) is 0 Å². The monoisotopic (exact) mass is 355 g/mol. The summed E-state index contributed by atoms with van der Waals surface area (Å²) in [4.78, 5) is 16.1. The summed E-state index contributed by atoms with van der Waals surface area (Å²) < 4.78 is 39.1. The van der Waals surface area contributed by atoms with Gasteiger partial charge < -0.3 is 10.6 Å². The molecule has 2 aromatic rings. The Morgan fingerprint density at radius 2 is 1.96 bits per heavy atom. The highest BCUT2D eigenvalue weighted by Crippen LogP contribution is 2.36. The van der Waals surface area contributed by atoms with Crippen molar-refractivity contribution in [2.75, 3.05) is 10.6 Å². The summed E-state index contributed by atoms with van der Waals surface area (Å²) in [5, 5.41) is 5.38. The van der Waals surface area contributed by atoms with Crippen LogP contribution in [0.25, 0.3) is 0 Å². The zero-order valence-corrected chi connectivity index (χ0v) is 13.1. The van der Waals surface area contributed by atoms with Gasteiger partial charge in [0.2, 0.25) is 0 Å². The molecule has 1 aliphatic rings. The van der Waals surface area contributed by atoms with Gasteiger partial charge in [0.25, 0.3) is 5.91 Å². The Balaban J connectivity index is 1.77. The van der Waals surface area contributed by atoms with Crippen LogP contribution in [0.15, 0.2) is 36.5 Å². The summed E-state index contributed by atoms with van der Waals surface area (Å²) in [5.74, 6) is -0.721. The first-order valence-electron chi connectivity index (χ1n) is 7.23. The molecule has 0 saturated heterocycles. The first kappa shape index (κ1) is 16.6. The standard InChI is InChI=1S/C16H13ClF3N3O/c17-9-1-5-13(12(7-9)16(18,19)20)23-15(24)14-6-4-11(8-21-14)22-10-2-3-10/h1,4-8,10,22H,2-3H2,(H,23,24). The molecular weight excluding hydrogens is 343 g/mol. The van der Waals surface area contributed by atoms with E-state index in [0.29, 0.717) is 6.04 Å². The van der Waals surface area contributed by atoms with Crippen molar-refractivity contribution in [2.45, 2.75) is 25.1 Å². The summed E-state index contributed by atoms with van der Waals surface area (Å²) in [5.41, 5.74) is -0.565. The molecule has 1 aromatic carbocycles. The SMILES string of the molecule is O=C(Nc1ccc(Cl)cc1C(F)(F)F)c1ccc(NC2CC2)cn1. The van der Waals surface area contributed by atoms with Gasteiger partial charge in [-0.15, -0.1) is 0 Å². The number of halogens is 4. The van der Waals surface area contributed by atoms with Crippen LogP contribution in [-0.4, -0.2) is 16.9 Å². The van der Waals surface area contributed by atoms with Crippen molar-refractivity contribution in [3.63, 3.8) is 0 Å². The quantitative estimate of drug-likeness (QED) is 0.844. The molecule has 0 radical (unpaired) electrons. The predicted octanol–water partition coefficient (Wildman–Crippen LogP) is 4.58. The maximum Gasteiger partial charge on any atom is 0.418 e. The van der Waals surface area contributed by atoms with Crippen LogP contribution < -0.4 is 10.6 Å². The fourth-order valence-electron chi connectivity index (χ4n) is 2.12. The minimum Gasteiger partial charge on any atom is -0.381 e. The Bertz CT molecular complexity index is 758. The largest absolute Gasteiger partial charge is 0.418 e. The van der Waals surface area contributed by atoms with E-state index in [9.17, 15) is 18.0 Å². The number of aromatic nitrogens is 1. The van der Waals surface area contributed by atoms with Crippen LogP contribution in [0.5, 0.6) is 0 Å². The minimum atomic E-state index is -4.63. The molecule has 0 bridgehead atoms. The highest BCUT2D eigenvalue weighted by Gasteiger charge is 2.34. The van der Waals surface area contributed by atoms with Gasteiger partial charge in [-0.2, -0.15) is 13.2 Å². The number of anilines is 2. The van der Waals surface area contributed by atoms with Crippen molar-refractivity contribution in [1.29, 1.82) is 0 Å². The van der Waals surface area contributed by atoms with Gasteiger partial charge in [0.1, 0.15) is 5.69 Å². The second-order valence-electron chi connectivity index (χ2n) is 5.49. The van der Waals surface area contributed by atoms with Gasteiger partial charge in [0, 0.05) is 11.1 Å². The van der Waals surface area contributed by atoms with Crippen molar-refractivity contribution in [3.8, 4) is 0 Å². The molecule has 1 heterocycles. The van der Waals surface area contributed by atoms with Gasteiger partial charge in [-0.25, -0.2) is 4.98 Å². The number of hydrogen-bond acceptors (Lipinski definition) is 3. The van der Waals surface area contributed by atoms with E-state index in [4.69, 9.17) is 11.6 Å². The number of benzene rings is 1. The third kappa shape index (κ3) is 3.97. The highest BCUT2D eigenvalue weighted by atomic mass is 35.5. The molecule has 3 rings (SSSR count). The van der Waals surface area contributed by atoms with E-state index in [1.807, 2.05) is 0 Å². The van der Waals surface area contributed by atoms with Crippen molar-refractivity contribution < 1.29 is 18.0 Å². The summed E-state index contributed by atoms with van der Waals surface area (Å²) in [6, 6.07) is 6.74. The Morgan fingerprint density at radius 3 is 2.54 bits per heavy atom. The number of rotatable bonds is 4. The molecule has 24 heavy (non-hydrogen) atoms. The summed E-state index contributed by atoms with van der Waals surface area (Å²) in [7, 11) is 0. The molecule has 4 nitrogen and oxygen atoms in total. The van der Waals surface area contributed by atoms with Gasteiger partial charge >= 0.3 is 6.18 Å². The maximum atomic E-state index is 13.0. The molecule has 126 valence electrons. The molecule has 1 fully saturated rings. The fourth-order valence-corrected chi connectivity index (χ4v) is 2.30. The zero-order chi connectivity index (χ0) is 17.3. The molecule has 0 aliphatic heterocycles. The van der Waals surface area contributed by atoms with E-state index in [1.54, 1.807) is 6.07 Å². The van der Waals surface area contributed by atoms with Gasteiger partial charge in [-0.05, 0) is 43.2 Å². The van der Waals surface area contributed by atoms with E-state index < -0.39 is 17.6 Å². The minimum absolute atomic E-state index is 0.0272. The Hall–Kier alpha value is -2.28. The lowest BCUT2D eigenvalue weighted by Crippen LogP contribution is -2.17. The summed E-state index contributed by atoms with van der Waals surface area (Å²) in [6.07, 6.45) is -0.948. The third-order valence-electron chi connectivity index (χ3n) is 3.48. The Morgan fingerprint density at radius 1 is 1.21 bits per heavy atom. The van der Waals surface area contributed by atoms with Gasteiger partial charge in [-0.3, -0.25) is 4.79 Å². The smallest absolute Gasteiger partial charge is 0.381 e. The highest BCUT2D eigenvalue weighted by molar-refractivity contribution is 6.30. The number of nitrogens with one attached hydrogen (secondary N) is 2. The van der Waals surface area contributed by atoms with E-state index in [-0.39, 0.29) is 16.4 Å². The van der Waals surface area contributed by atoms with Crippen LogP contribution in [0.1, 0.15) is 28.9 Å². The van der Waals surface area contributed by atoms with Crippen LogP contribution in [0.2, 0.25) is 5.02 Å². The fraction of sp³-hybridized carbons (Fsp3) is 0.250. The van der Waals surface area contributed by atoms with Crippen LogP contribution in [0.3, 0.4) is 0 Å². The first-order chi connectivity index (χ1) is 11.3. The van der Waals surface area contributed by atoms with Crippen molar-refractivity contribution in [3.05, 3.63) is 52.8 Å². The predicted molar refractivity (Wildman–Crippen MR) is 85.3 cm³/mol. The lowest BCUT2D eigenvalue weighted by Gasteiger charge is -2.14. The number of amides is 1. The summed E-state index contributed by atoms with van der Waals surface area (Å²) in [6.45, 7) is 0. The second-order valence-corrected chi connectivity index (χ2v) is 5.93. The Labute approximate surface area is 141 Å².